The predicted octanol–water partition coefficient (Wildman–Crippen LogP) is 2.05. The summed E-state index contributed by atoms with van der Waals surface area (Å²) in [6, 6.07) is 3.86. The summed E-state index contributed by atoms with van der Waals surface area (Å²) < 4.78 is 5.28. The first-order chi connectivity index (χ1) is 9.52. The number of ether oxygens (including phenoxy) is 1. The summed E-state index contributed by atoms with van der Waals surface area (Å²) in [7, 11) is 1.65. The van der Waals surface area contributed by atoms with Crippen LogP contribution in [0, 0.1) is 13.8 Å². The molecule has 4 nitrogen and oxygen atoms in total. The highest BCUT2D eigenvalue weighted by Crippen LogP contribution is 2.24. The molecule has 1 fully saturated rings. The highest BCUT2D eigenvalue weighted by atomic mass is 16.5. The van der Waals surface area contributed by atoms with Crippen LogP contribution < -0.4 is 4.74 Å². The van der Waals surface area contributed by atoms with Crippen molar-refractivity contribution in [3.63, 3.8) is 0 Å². The van der Waals surface area contributed by atoms with E-state index >= 15 is 0 Å². The summed E-state index contributed by atoms with van der Waals surface area (Å²) in [5, 5.41) is 0. The summed E-state index contributed by atoms with van der Waals surface area (Å²) in [6.07, 6.45) is 1.38. The number of rotatable bonds is 3. The fourth-order valence-electron chi connectivity index (χ4n) is 2.54. The molecule has 0 aliphatic carbocycles. The van der Waals surface area contributed by atoms with Gasteiger partial charge in [0, 0.05) is 25.9 Å². The van der Waals surface area contributed by atoms with Crippen LogP contribution in [0.1, 0.15) is 29.5 Å². The van der Waals surface area contributed by atoms with Crippen LogP contribution in [0.5, 0.6) is 5.75 Å². The van der Waals surface area contributed by atoms with Gasteiger partial charge in [0.25, 0.3) is 0 Å². The Balaban J connectivity index is 2.08. The lowest BCUT2D eigenvalue weighted by Gasteiger charge is -2.26. The molecule has 1 aliphatic rings. The van der Waals surface area contributed by atoms with E-state index in [1.54, 1.807) is 12.0 Å². The molecule has 1 saturated heterocycles. The van der Waals surface area contributed by atoms with Crippen LogP contribution in [0.15, 0.2) is 12.1 Å². The fourth-order valence-corrected chi connectivity index (χ4v) is 2.54. The van der Waals surface area contributed by atoms with Gasteiger partial charge in [0.1, 0.15) is 11.5 Å². The first-order valence-electron chi connectivity index (χ1n) is 6.95. The molecule has 0 saturated carbocycles. The van der Waals surface area contributed by atoms with Crippen LogP contribution in [-0.4, -0.2) is 36.8 Å². The van der Waals surface area contributed by atoms with Crippen molar-refractivity contribution in [2.24, 2.45) is 0 Å². The van der Waals surface area contributed by atoms with Crippen molar-refractivity contribution in [2.45, 2.75) is 33.1 Å². The molecule has 1 aromatic carbocycles. The molecule has 0 N–H and O–H groups in total. The number of hydrogen-bond acceptors (Lipinski definition) is 3. The van der Waals surface area contributed by atoms with Crippen molar-refractivity contribution < 1.29 is 14.3 Å². The van der Waals surface area contributed by atoms with Crippen LogP contribution in [0.4, 0.5) is 0 Å². The number of likely N-dealkylation sites (tertiary alicyclic amines) is 1. The summed E-state index contributed by atoms with van der Waals surface area (Å²) in [5.74, 6) is 1.21. The number of nitrogens with zero attached hydrogens (tertiary/aromatic N) is 1. The highest BCUT2D eigenvalue weighted by Gasteiger charge is 2.21. The maximum atomic E-state index is 12.3. The maximum absolute atomic E-state index is 12.3. The molecule has 1 heterocycles. The standard InChI is InChI=1S/C16H21NO3/c1-11-12(2)15(20-3)5-4-13(11)10-16(19)17-8-6-14(18)7-9-17/h4-5H,6-10H2,1-3H3. The highest BCUT2D eigenvalue weighted by molar-refractivity contribution is 5.84. The lowest BCUT2D eigenvalue weighted by molar-refractivity contribution is -0.133. The molecular weight excluding hydrogens is 254 g/mol. The van der Waals surface area contributed by atoms with Gasteiger partial charge in [-0.3, -0.25) is 9.59 Å². The van der Waals surface area contributed by atoms with Crippen molar-refractivity contribution in [3.8, 4) is 5.75 Å². The quantitative estimate of drug-likeness (QED) is 0.848. The largest absolute Gasteiger partial charge is 0.496 e. The minimum atomic E-state index is 0.102. The number of methoxy groups -OCH3 is 1. The Bertz CT molecular complexity index is 527. The van der Waals surface area contributed by atoms with E-state index in [1.807, 2.05) is 26.0 Å². The van der Waals surface area contributed by atoms with Crippen molar-refractivity contribution in [2.75, 3.05) is 20.2 Å². The molecule has 108 valence electrons. The molecule has 0 unspecified atom stereocenters. The third kappa shape index (κ3) is 3.00. The summed E-state index contributed by atoms with van der Waals surface area (Å²) >= 11 is 0. The number of piperidine rings is 1. The second kappa shape index (κ2) is 6.07. The van der Waals surface area contributed by atoms with Gasteiger partial charge in [-0.2, -0.15) is 0 Å². The molecule has 2 rings (SSSR count). The number of carbonyl (C=O) groups is 2. The lowest BCUT2D eigenvalue weighted by Crippen LogP contribution is -2.39. The molecule has 1 aliphatic heterocycles. The van der Waals surface area contributed by atoms with Gasteiger partial charge in [-0.15, -0.1) is 0 Å². The van der Waals surface area contributed by atoms with Crippen LogP contribution in [0.25, 0.3) is 0 Å². The first-order valence-corrected chi connectivity index (χ1v) is 6.95. The van der Waals surface area contributed by atoms with Gasteiger partial charge in [0.15, 0.2) is 0 Å². The Morgan fingerprint density at radius 1 is 1.20 bits per heavy atom. The van der Waals surface area contributed by atoms with Crippen molar-refractivity contribution in [1.82, 2.24) is 4.90 Å². The second-order valence-corrected chi connectivity index (χ2v) is 5.27. The Hall–Kier alpha value is -1.84. The molecule has 0 radical (unpaired) electrons. The topological polar surface area (TPSA) is 46.6 Å². The third-order valence-corrected chi connectivity index (χ3v) is 4.09. The number of Topliss-reactive ketones (excluding diaryl/α,β-unsaturated/α-hetero) is 1. The number of amides is 1. The van der Waals surface area contributed by atoms with E-state index in [4.69, 9.17) is 4.74 Å². The minimum absolute atomic E-state index is 0.102. The van der Waals surface area contributed by atoms with E-state index in [9.17, 15) is 9.59 Å². The molecule has 1 amide bonds. The van der Waals surface area contributed by atoms with Gasteiger partial charge in [0.2, 0.25) is 5.91 Å². The van der Waals surface area contributed by atoms with E-state index in [2.05, 4.69) is 0 Å². The van der Waals surface area contributed by atoms with Crippen molar-refractivity contribution in [1.29, 1.82) is 0 Å². The van der Waals surface area contributed by atoms with Crippen LogP contribution in [0.2, 0.25) is 0 Å². The van der Waals surface area contributed by atoms with Gasteiger partial charge in [0.05, 0.1) is 13.5 Å². The molecule has 4 heteroatoms. The Morgan fingerprint density at radius 3 is 2.45 bits per heavy atom. The normalized spacial score (nSPS) is 15.3. The molecule has 0 bridgehead atoms. The number of ketones is 1. The maximum Gasteiger partial charge on any atom is 0.227 e. The number of carbonyl (C=O) groups excluding carboxylic acids is 2. The van der Waals surface area contributed by atoms with Crippen LogP contribution in [-0.2, 0) is 16.0 Å². The summed E-state index contributed by atoms with van der Waals surface area (Å²) in [4.78, 5) is 25.3. The molecule has 0 spiro atoms. The monoisotopic (exact) mass is 275 g/mol. The van der Waals surface area contributed by atoms with Gasteiger partial charge >= 0.3 is 0 Å². The van der Waals surface area contributed by atoms with Gasteiger partial charge in [-0.1, -0.05) is 6.07 Å². The van der Waals surface area contributed by atoms with Crippen LogP contribution >= 0.6 is 0 Å². The first kappa shape index (κ1) is 14.6. The SMILES string of the molecule is COc1ccc(CC(=O)N2CCC(=O)CC2)c(C)c1C. The summed E-state index contributed by atoms with van der Waals surface area (Å²) in [6.45, 7) is 5.14. The lowest BCUT2D eigenvalue weighted by atomic mass is 9.99. The number of hydrogen-bond donors (Lipinski definition) is 0. The summed E-state index contributed by atoms with van der Waals surface area (Å²) in [5.41, 5.74) is 3.21. The smallest absolute Gasteiger partial charge is 0.227 e. The van der Waals surface area contributed by atoms with Crippen LogP contribution in [0.3, 0.4) is 0 Å². The van der Waals surface area contributed by atoms with E-state index in [0.717, 1.165) is 22.4 Å². The van der Waals surface area contributed by atoms with Gasteiger partial charge in [-0.05, 0) is 36.6 Å². The van der Waals surface area contributed by atoms with Crippen molar-refractivity contribution in [3.05, 3.63) is 28.8 Å². The van der Waals surface area contributed by atoms with Gasteiger partial charge < -0.3 is 9.64 Å². The molecule has 0 atom stereocenters. The van der Waals surface area contributed by atoms with E-state index < -0.39 is 0 Å². The Morgan fingerprint density at radius 2 is 1.85 bits per heavy atom. The van der Waals surface area contributed by atoms with E-state index in [-0.39, 0.29) is 11.7 Å². The third-order valence-electron chi connectivity index (χ3n) is 4.09. The van der Waals surface area contributed by atoms with Crippen molar-refractivity contribution >= 4 is 11.7 Å². The second-order valence-electron chi connectivity index (χ2n) is 5.27. The molecular formula is C16H21NO3. The molecule has 0 aromatic heterocycles. The van der Waals surface area contributed by atoms with E-state index in [1.165, 1.54) is 0 Å². The van der Waals surface area contributed by atoms with Gasteiger partial charge in [-0.25, -0.2) is 0 Å². The predicted molar refractivity (Wildman–Crippen MR) is 77.0 cm³/mol. The molecule has 1 aromatic rings. The fraction of sp³-hybridized carbons (Fsp3) is 0.500. The average Bonchev–Trinajstić information content (AvgIpc) is 2.45. The number of benzene rings is 1. The zero-order valence-electron chi connectivity index (χ0n) is 12.4. The van der Waals surface area contributed by atoms with E-state index in [0.29, 0.717) is 32.4 Å². The molecule has 20 heavy (non-hydrogen) atoms. The zero-order valence-corrected chi connectivity index (χ0v) is 12.4. The average molecular weight is 275 g/mol. The Labute approximate surface area is 119 Å². The zero-order chi connectivity index (χ0) is 14.7. The Kier molecular flexibility index (Phi) is 4.42. The minimum Gasteiger partial charge on any atom is -0.496 e.